The number of hydrogen-bond acceptors (Lipinski definition) is 3. The molecule has 0 aromatic carbocycles. The van der Waals surface area contributed by atoms with Gasteiger partial charge < -0.3 is 15.3 Å². The molecule has 0 bridgehead atoms. The fourth-order valence-electron chi connectivity index (χ4n) is 4.99. The van der Waals surface area contributed by atoms with Crippen molar-refractivity contribution in [3.63, 3.8) is 0 Å². The number of unbranched alkanes of at least 4 members (excludes halogenated alkanes) is 8. The van der Waals surface area contributed by atoms with Crippen molar-refractivity contribution in [3.8, 4) is 11.8 Å². The van der Waals surface area contributed by atoms with Crippen molar-refractivity contribution in [3.05, 3.63) is 11.6 Å². The highest BCUT2D eigenvalue weighted by Crippen LogP contribution is 2.51. The minimum Gasteiger partial charge on any atom is -0.481 e. The van der Waals surface area contributed by atoms with Crippen LogP contribution < -0.4 is 0 Å². The number of carboxylic acids is 1. The van der Waals surface area contributed by atoms with Crippen molar-refractivity contribution in [1.29, 1.82) is 0 Å². The van der Waals surface area contributed by atoms with Crippen LogP contribution in [0.15, 0.2) is 11.6 Å². The molecule has 2 rings (SSSR count). The minimum absolute atomic E-state index is 0.0341. The molecule has 2 aliphatic rings. The van der Waals surface area contributed by atoms with Crippen LogP contribution in [0.1, 0.15) is 103 Å². The first-order valence-electron chi connectivity index (χ1n) is 12.3. The molecule has 0 radical (unpaired) electrons. The van der Waals surface area contributed by atoms with Crippen LogP contribution in [0.5, 0.6) is 0 Å². The predicted octanol–water partition coefficient (Wildman–Crippen LogP) is 5.47. The maximum Gasteiger partial charge on any atom is 0.303 e. The topological polar surface area (TPSA) is 77.8 Å². The van der Waals surface area contributed by atoms with Gasteiger partial charge in [0, 0.05) is 6.42 Å². The standard InChI is InChI=1S/C26H42O4/c1-2-3-4-5-6-7-8-9-13-21(27)15-16-23-24-19-20(12-10-11-14-26(29)30)22(24)17-18-25(23)28/h12,21-25,27-28H,2-11,13-14,17-19H2,1H3,(H,29,30)/b20-12-/t21?,22-,23-,24+,25-/m0/s1. The van der Waals surface area contributed by atoms with Gasteiger partial charge in [0.25, 0.3) is 0 Å². The van der Waals surface area contributed by atoms with Crippen molar-refractivity contribution >= 4 is 5.97 Å². The van der Waals surface area contributed by atoms with Crippen molar-refractivity contribution < 1.29 is 20.1 Å². The summed E-state index contributed by atoms with van der Waals surface area (Å²) in [5.41, 5.74) is 1.42. The van der Waals surface area contributed by atoms with Crippen molar-refractivity contribution in [1.82, 2.24) is 0 Å². The lowest BCUT2D eigenvalue weighted by atomic mass is 9.57. The number of carbonyl (C=O) groups is 1. The largest absolute Gasteiger partial charge is 0.481 e. The highest BCUT2D eigenvalue weighted by atomic mass is 16.4. The smallest absolute Gasteiger partial charge is 0.303 e. The number of hydrogen-bond donors (Lipinski definition) is 3. The average Bonchev–Trinajstić information content (AvgIpc) is 2.69. The highest BCUT2D eigenvalue weighted by molar-refractivity contribution is 5.66. The van der Waals surface area contributed by atoms with E-state index in [0.717, 1.165) is 44.9 Å². The van der Waals surface area contributed by atoms with Crippen LogP contribution >= 0.6 is 0 Å². The molecule has 3 N–H and O–H groups in total. The van der Waals surface area contributed by atoms with Gasteiger partial charge in [-0.3, -0.25) is 4.79 Å². The van der Waals surface area contributed by atoms with Crippen LogP contribution in [0.2, 0.25) is 0 Å². The predicted molar refractivity (Wildman–Crippen MR) is 121 cm³/mol. The molecular weight excluding hydrogens is 376 g/mol. The van der Waals surface area contributed by atoms with E-state index in [2.05, 4.69) is 24.8 Å². The van der Waals surface area contributed by atoms with Crippen molar-refractivity contribution in [2.45, 2.75) is 115 Å². The zero-order chi connectivity index (χ0) is 21.8. The lowest BCUT2D eigenvalue weighted by molar-refractivity contribution is -0.137. The van der Waals surface area contributed by atoms with E-state index >= 15 is 0 Å². The zero-order valence-electron chi connectivity index (χ0n) is 18.8. The van der Waals surface area contributed by atoms with Gasteiger partial charge in [0.2, 0.25) is 0 Å². The quantitative estimate of drug-likeness (QED) is 0.210. The summed E-state index contributed by atoms with van der Waals surface area (Å²) in [6, 6.07) is 0. The SMILES string of the molecule is CCCCCCCCCCC(O)C#C[C@H]1[C@@H]2C/C(=C/CCCC(=O)O)[C@@H]2CC[C@@H]1O. The second-order valence-electron chi connectivity index (χ2n) is 9.28. The fraction of sp³-hybridized carbons (Fsp3) is 0.808. The lowest BCUT2D eigenvalue weighted by Crippen LogP contribution is -2.44. The Kier molecular flexibility index (Phi) is 11.6. The third-order valence-corrected chi connectivity index (χ3v) is 6.86. The Morgan fingerprint density at radius 2 is 1.80 bits per heavy atom. The fourth-order valence-corrected chi connectivity index (χ4v) is 4.99. The normalized spacial score (nSPS) is 27.6. The van der Waals surface area contributed by atoms with Gasteiger partial charge >= 0.3 is 5.97 Å². The van der Waals surface area contributed by atoms with Gasteiger partial charge in [0.1, 0.15) is 6.10 Å². The third kappa shape index (κ3) is 8.44. The van der Waals surface area contributed by atoms with Crippen LogP contribution in [-0.4, -0.2) is 33.5 Å². The van der Waals surface area contributed by atoms with Crippen LogP contribution in [-0.2, 0) is 4.79 Å². The summed E-state index contributed by atoms with van der Waals surface area (Å²) in [6.07, 6.45) is 16.4. The molecule has 2 aliphatic carbocycles. The van der Waals surface area contributed by atoms with E-state index in [1.807, 2.05) is 0 Å². The number of aliphatic carboxylic acids is 1. The van der Waals surface area contributed by atoms with E-state index in [1.54, 1.807) is 0 Å². The summed E-state index contributed by atoms with van der Waals surface area (Å²) < 4.78 is 0. The number of aliphatic hydroxyl groups is 2. The number of carboxylic acid groups (broad SMARTS) is 1. The Balaban J connectivity index is 1.68. The molecule has 2 fully saturated rings. The van der Waals surface area contributed by atoms with Gasteiger partial charge in [-0.15, -0.1) is 0 Å². The lowest BCUT2D eigenvalue weighted by Gasteiger charge is -2.48. The van der Waals surface area contributed by atoms with E-state index in [0.29, 0.717) is 18.3 Å². The first-order chi connectivity index (χ1) is 14.5. The molecule has 0 amide bonds. The number of aliphatic hydroxyl groups excluding tert-OH is 2. The molecule has 2 saturated carbocycles. The van der Waals surface area contributed by atoms with Gasteiger partial charge in [-0.1, -0.05) is 75.4 Å². The van der Waals surface area contributed by atoms with Crippen LogP contribution in [0, 0.1) is 29.6 Å². The Hall–Kier alpha value is -1.31. The van der Waals surface area contributed by atoms with Gasteiger partial charge in [-0.25, -0.2) is 0 Å². The Morgan fingerprint density at radius 3 is 2.50 bits per heavy atom. The molecule has 0 spiro atoms. The average molecular weight is 419 g/mol. The highest BCUT2D eigenvalue weighted by Gasteiger charge is 2.46. The summed E-state index contributed by atoms with van der Waals surface area (Å²) in [4.78, 5) is 10.6. The molecule has 0 heterocycles. The third-order valence-electron chi connectivity index (χ3n) is 6.86. The van der Waals surface area contributed by atoms with Gasteiger partial charge in [-0.2, -0.15) is 0 Å². The molecule has 0 aromatic rings. The molecule has 170 valence electrons. The molecule has 5 atom stereocenters. The number of fused-ring (bicyclic) bond motifs is 1. The summed E-state index contributed by atoms with van der Waals surface area (Å²) >= 11 is 0. The van der Waals surface area contributed by atoms with Crippen LogP contribution in [0.4, 0.5) is 0 Å². The molecule has 0 saturated heterocycles. The molecule has 4 nitrogen and oxygen atoms in total. The van der Waals surface area contributed by atoms with E-state index in [-0.39, 0.29) is 18.4 Å². The number of allylic oxidation sites excluding steroid dienone is 2. The molecule has 0 aliphatic heterocycles. The maximum atomic E-state index is 10.6. The molecule has 4 heteroatoms. The van der Waals surface area contributed by atoms with Gasteiger partial charge in [0.05, 0.1) is 12.0 Å². The Morgan fingerprint density at radius 1 is 1.10 bits per heavy atom. The zero-order valence-corrected chi connectivity index (χ0v) is 18.8. The summed E-state index contributed by atoms with van der Waals surface area (Å²) in [5, 5.41) is 29.4. The van der Waals surface area contributed by atoms with Crippen LogP contribution in [0.25, 0.3) is 0 Å². The minimum atomic E-state index is -0.735. The summed E-state index contributed by atoms with van der Waals surface area (Å²) in [5.74, 6) is 6.36. The summed E-state index contributed by atoms with van der Waals surface area (Å²) in [7, 11) is 0. The molecule has 1 unspecified atom stereocenters. The molecule has 0 aromatic heterocycles. The van der Waals surface area contributed by atoms with Gasteiger partial charge in [0.15, 0.2) is 0 Å². The van der Waals surface area contributed by atoms with E-state index in [4.69, 9.17) is 5.11 Å². The maximum absolute atomic E-state index is 10.6. The molecule has 30 heavy (non-hydrogen) atoms. The van der Waals surface area contributed by atoms with Crippen molar-refractivity contribution in [2.75, 3.05) is 0 Å². The monoisotopic (exact) mass is 418 g/mol. The van der Waals surface area contributed by atoms with Gasteiger partial charge in [-0.05, 0) is 56.8 Å². The van der Waals surface area contributed by atoms with Crippen LogP contribution in [0.3, 0.4) is 0 Å². The Labute approximate surface area is 183 Å². The first-order valence-corrected chi connectivity index (χ1v) is 12.3. The van der Waals surface area contributed by atoms with E-state index in [1.165, 1.54) is 44.1 Å². The second kappa shape index (κ2) is 13.9. The van der Waals surface area contributed by atoms with E-state index in [9.17, 15) is 15.0 Å². The van der Waals surface area contributed by atoms with E-state index < -0.39 is 12.1 Å². The second-order valence-corrected chi connectivity index (χ2v) is 9.28. The summed E-state index contributed by atoms with van der Waals surface area (Å²) in [6.45, 7) is 2.24. The Bertz CT molecular complexity index is 600. The number of rotatable bonds is 13. The first kappa shape index (κ1) is 25.0. The van der Waals surface area contributed by atoms with Crippen molar-refractivity contribution in [2.24, 2.45) is 17.8 Å². The molecular formula is C26H42O4.